The summed E-state index contributed by atoms with van der Waals surface area (Å²) in [5, 5.41) is 3.41. The van der Waals surface area contributed by atoms with E-state index in [0.717, 1.165) is 24.9 Å². The van der Waals surface area contributed by atoms with Crippen LogP contribution in [0.15, 0.2) is 65.1 Å². The summed E-state index contributed by atoms with van der Waals surface area (Å²) in [6.45, 7) is 3.43. The van der Waals surface area contributed by atoms with Gasteiger partial charge in [0.05, 0.1) is 10.2 Å². The average Bonchev–Trinajstić information content (AvgIpc) is 2.67. The highest BCUT2D eigenvalue weighted by Crippen LogP contribution is 2.35. The van der Waals surface area contributed by atoms with Gasteiger partial charge in [-0.05, 0) is 89.2 Å². The van der Waals surface area contributed by atoms with E-state index in [1.54, 1.807) is 6.07 Å². The summed E-state index contributed by atoms with van der Waals surface area (Å²) in [7, 11) is 0. The fourth-order valence-electron chi connectivity index (χ4n) is 2.68. The molecule has 0 atom stereocenters. The quantitative estimate of drug-likeness (QED) is 0.311. The van der Waals surface area contributed by atoms with Crippen molar-refractivity contribution in [3.05, 3.63) is 85.7 Å². The molecule has 0 aliphatic rings. The molecule has 0 fully saturated rings. The van der Waals surface area contributed by atoms with Gasteiger partial charge in [-0.1, -0.05) is 28.1 Å². The van der Waals surface area contributed by atoms with Crippen molar-refractivity contribution < 1.29 is 13.9 Å². The average molecular weight is 556 g/mol. The predicted octanol–water partition coefficient (Wildman–Crippen LogP) is 6.78. The highest BCUT2D eigenvalue weighted by Gasteiger charge is 2.13. The zero-order valence-electron chi connectivity index (χ0n) is 15.3. The molecule has 0 spiro atoms. The monoisotopic (exact) mass is 555 g/mol. The molecule has 0 saturated carbocycles. The lowest BCUT2D eigenvalue weighted by Gasteiger charge is -2.16. The smallest absolute Gasteiger partial charge is 0.174 e. The Labute approximate surface area is 186 Å². The molecule has 3 aromatic rings. The highest BCUT2D eigenvalue weighted by atomic mass is 127. The second-order valence-corrected chi connectivity index (χ2v) is 8.19. The van der Waals surface area contributed by atoms with E-state index in [-0.39, 0.29) is 12.4 Å². The molecule has 0 bridgehead atoms. The number of ether oxygens (including phenoxy) is 2. The number of hydrogen-bond donors (Lipinski definition) is 1. The van der Waals surface area contributed by atoms with E-state index in [1.807, 2.05) is 43.3 Å². The van der Waals surface area contributed by atoms with Crippen LogP contribution in [0.5, 0.6) is 11.5 Å². The lowest BCUT2D eigenvalue weighted by molar-refractivity contribution is 0.267. The Morgan fingerprint density at radius 3 is 2.50 bits per heavy atom. The van der Waals surface area contributed by atoms with Gasteiger partial charge in [-0.2, -0.15) is 0 Å². The third-order valence-corrected chi connectivity index (χ3v) is 5.31. The highest BCUT2D eigenvalue weighted by molar-refractivity contribution is 14.1. The zero-order chi connectivity index (χ0) is 19.9. The van der Waals surface area contributed by atoms with Gasteiger partial charge in [0, 0.05) is 16.7 Å². The van der Waals surface area contributed by atoms with Gasteiger partial charge >= 0.3 is 0 Å². The van der Waals surface area contributed by atoms with E-state index in [2.05, 4.69) is 49.9 Å². The van der Waals surface area contributed by atoms with Gasteiger partial charge in [0.1, 0.15) is 12.4 Å². The minimum absolute atomic E-state index is 0.268. The molecule has 0 saturated heterocycles. The van der Waals surface area contributed by atoms with Crippen molar-refractivity contribution in [1.82, 2.24) is 0 Å². The zero-order valence-corrected chi connectivity index (χ0v) is 19.1. The Morgan fingerprint density at radius 1 is 1.00 bits per heavy atom. The normalized spacial score (nSPS) is 10.6. The second kappa shape index (κ2) is 10.1. The summed E-state index contributed by atoms with van der Waals surface area (Å²) in [4.78, 5) is 0. The SMILES string of the molecule is CCOc1cc(CNc2ccc(Br)cc2)cc(I)c1OCc1cccc(F)c1. The molecule has 0 aromatic heterocycles. The summed E-state index contributed by atoms with van der Waals surface area (Å²) < 4.78 is 27.1. The third-order valence-electron chi connectivity index (χ3n) is 3.98. The van der Waals surface area contributed by atoms with Crippen LogP contribution >= 0.6 is 38.5 Å². The fraction of sp³-hybridized carbons (Fsp3) is 0.182. The minimum Gasteiger partial charge on any atom is -0.490 e. The molecule has 3 rings (SSSR count). The van der Waals surface area contributed by atoms with Crippen LogP contribution in [0.4, 0.5) is 10.1 Å². The van der Waals surface area contributed by atoms with Crippen molar-refractivity contribution in [2.45, 2.75) is 20.1 Å². The van der Waals surface area contributed by atoms with Crippen molar-refractivity contribution in [1.29, 1.82) is 0 Å². The van der Waals surface area contributed by atoms with Crippen LogP contribution in [-0.2, 0) is 13.2 Å². The molecule has 1 N–H and O–H groups in total. The Hall–Kier alpha value is -1.80. The molecule has 3 aromatic carbocycles. The van der Waals surface area contributed by atoms with Gasteiger partial charge < -0.3 is 14.8 Å². The first-order chi connectivity index (χ1) is 13.5. The van der Waals surface area contributed by atoms with E-state index >= 15 is 0 Å². The van der Waals surface area contributed by atoms with E-state index in [1.165, 1.54) is 12.1 Å². The Balaban J connectivity index is 1.74. The van der Waals surface area contributed by atoms with E-state index in [9.17, 15) is 4.39 Å². The van der Waals surface area contributed by atoms with Crippen LogP contribution < -0.4 is 14.8 Å². The van der Waals surface area contributed by atoms with Gasteiger partial charge in [-0.25, -0.2) is 4.39 Å². The maximum Gasteiger partial charge on any atom is 0.174 e. The number of rotatable bonds is 8. The van der Waals surface area contributed by atoms with E-state index in [0.29, 0.717) is 24.7 Å². The maximum atomic E-state index is 13.4. The van der Waals surface area contributed by atoms with Crippen molar-refractivity contribution >= 4 is 44.2 Å². The lowest BCUT2D eigenvalue weighted by atomic mass is 10.2. The van der Waals surface area contributed by atoms with E-state index in [4.69, 9.17) is 9.47 Å². The first-order valence-electron chi connectivity index (χ1n) is 8.87. The van der Waals surface area contributed by atoms with Gasteiger partial charge in [0.15, 0.2) is 11.5 Å². The second-order valence-electron chi connectivity index (χ2n) is 6.12. The molecule has 6 heteroatoms. The molecular formula is C22H20BrFINO2. The fourth-order valence-corrected chi connectivity index (χ4v) is 3.77. The Morgan fingerprint density at radius 2 is 1.79 bits per heavy atom. The summed E-state index contributed by atoms with van der Waals surface area (Å²) >= 11 is 5.69. The van der Waals surface area contributed by atoms with E-state index < -0.39 is 0 Å². The standard InChI is InChI=1S/C22H20BrFINO2/c1-2-27-21-12-16(13-26-19-8-6-17(23)7-9-19)11-20(25)22(21)28-14-15-4-3-5-18(24)10-15/h3-12,26H,2,13-14H2,1H3. The van der Waals surface area contributed by atoms with Crippen molar-refractivity contribution in [3.8, 4) is 11.5 Å². The van der Waals surface area contributed by atoms with Gasteiger partial charge in [-0.3, -0.25) is 0 Å². The molecule has 28 heavy (non-hydrogen) atoms. The Bertz CT molecular complexity index is 934. The number of hydrogen-bond acceptors (Lipinski definition) is 3. The van der Waals surface area contributed by atoms with Crippen LogP contribution in [0.2, 0.25) is 0 Å². The van der Waals surface area contributed by atoms with Crippen LogP contribution in [-0.4, -0.2) is 6.61 Å². The topological polar surface area (TPSA) is 30.5 Å². The molecule has 0 amide bonds. The van der Waals surface area contributed by atoms with Crippen LogP contribution in [0.3, 0.4) is 0 Å². The molecule has 3 nitrogen and oxygen atoms in total. The van der Waals surface area contributed by atoms with Crippen molar-refractivity contribution in [3.63, 3.8) is 0 Å². The lowest BCUT2D eigenvalue weighted by Crippen LogP contribution is -2.05. The first-order valence-corrected chi connectivity index (χ1v) is 10.7. The van der Waals surface area contributed by atoms with Crippen LogP contribution in [0.25, 0.3) is 0 Å². The number of anilines is 1. The Kier molecular flexibility index (Phi) is 7.56. The summed E-state index contributed by atoms with van der Waals surface area (Å²) in [6.07, 6.45) is 0. The molecule has 146 valence electrons. The summed E-state index contributed by atoms with van der Waals surface area (Å²) in [6, 6.07) is 18.5. The molecule has 0 radical (unpaired) electrons. The number of nitrogens with one attached hydrogen (secondary N) is 1. The molecule has 0 heterocycles. The maximum absolute atomic E-state index is 13.4. The van der Waals surface area contributed by atoms with Crippen LogP contribution in [0.1, 0.15) is 18.1 Å². The molecule has 0 unspecified atom stereocenters. The summed E-state index contributed by atoms with van der Waals surface area (Å²) in [5.41, 5.74) is 2.91. The molecule has 0 aliphatic carbocycles. The van der Waals surface area contributed by atoms with Gasteiger partial charge in [0.25, 0.3) is 0 Å². The van der Waals surface area contributed by atoms with Gasteiger partial charge in [-0.15, -0.1) is 0 Å². The number of benzene rings is 3. The molecular weight excluding hydrogens is 536 g/mol. The minimum atomic E-state index is -0.268. The predicted molar refractivity (Wildman–Crippen MR) is 123 cm³/mol. The van der Waals surface area contributed by atoms with Crippen LogP contribution in [0, 0.1) is 9.39 Å². The summed E-state index contributed by atoms with van der Waals surface area (Å²) in [5.74, 6) is 1.10. The first kappa shape index (κ1) is 20.9. The largest absolute Gasteiger partial charge is 0.490 e. The van der Waals surface area contributed by atoms with Crippen molar-refractivity contribution in [2.75, 3.05) is 11.9 Å². The molecule has 0 aliphatic heterocycles. The van der Waals surface area contributed by atoms with Crippen molar-refractivity contribution in [2.24, 2.45) is 0 Å². The van der Waals surface area contributed by atoms with Gasteiger partial charge in [0.2, 0.25) is 0 Å². The third kappa shape index (κ3) is 5.85. The number of halogens is 3.